The molecule has 2 rings (SSSR count). The molecule has 1 saturated heterocycles. The summed E-state index contributed by atoms with van der Waals surface area (Å²) in [6, 6.07) is 9.71. The van der Waals surface area contributed by atoms with E-state index in [9.17, 15) is 9.90 Å². The van der Waals surface area contributed by atoms with Gasteiger partial charge in [-0.15, -0.1) is 0 Å². The number of hydrogen-bond donors (Lipinski definition) is 2. The summed E-state index contributed by atoms with van der Waals surface area (Å²) >= 11 is 0. The molecule has 0 spiro atoms. The molecule has 1 aromatic carbocycles. The van der Waals surface area contributed by atoms with Gasteiger partial charge >= 0.3 is 0 Å². The minimum atomic E-state index is -0.510. The standard InChI is InChI=1S/C16H23NO4/c18-12-14(21-16-8-4-5-9-20-16)10-15(19)17-11-13-6-2-1-3-7-13/h1-3,6-7,14,16,18H,4-5,8-12H2,(H,17,19)/t14-,16?/m0/s1. The van der Waals surface area contributed by atoms with Crippen molar-refractivity contribution in [2.24, 2.45) is 0 Å². The van der Waals surface area contributed by atoms with Gasteiger partial charge in [0.05, 0.1) is 19.1 Å². The second kappa shape index (κ2) is 8.77. The molecule has 1 aliphatic heterocycles. The second-order valence-electron chi connectivity index (χ2n) is 5.20. The van der Waals surface area contributed by atoms with E-state index in [1.807, 2.05) is 30.3 Å². The predicted octanol–water partition coefficient (Wildman–Crippen LogP) is 1.60. The van der Waals surface area contributed by atoms with Crippen molar-refractivity contribution in [1.82, 2.24) is 5.32 Å². The summed E-state index contributed by atoms with van der Waals surface area (Å²) in [6.45, 7) is 0.986. The van der Waals surface area contributed by atoms with E-state index in [2.05, 4.69) is 5.32 Å². The van der Waals surface area contributed by atoms with Crippen molar-refractivity contribution in [1.29, 1.82) is 0 Å². The van der Waals surface area contributed by atoms with Crippen molar-refractivity contribution in [3.05, 3.63) is 35.9 Å². The molecule has 1 heterocycles. The zero-order chi connectivity index (χ0) is 14.9. The van der Waals surface area contributed by atoms with Crippen LogP contribution in [0, 0.1) is 0 Å². The number of ether oxygens (including phenoxy) is 2. The second-order valence-corrected chi connectivity index (χ2v) is 5.20. The highest BCUT2D eigenvalue weighted by Crippen LogP contribution is 2.16. The van der Waals surface area contributed by atoms with Crippen LogP contribution < -0.4 is 5.32 Å². The number of carbonyl (C=O) groups is 1. The summed E-state index contributed by atoms with van der Waals surface area (Å²) in [4.78, 5) is 11.9. The van der Waals surface area contributed by atoms with Gasteiger partial charge in [0.25, 0.3) is 0 Å². The van der Waals surface area contributed by atoms with Gasteiger partial charge in [-0.2, -0.15) is 0 Å². The van der Waals surface area contributed by atoms with Gasteiger partial charge in [-0.3, -0.25) is 4.79 Å². The van der Waals surface area contributed by atoms with Crippen LogP contribution in [-0.2, 0) is 20.8 Å². The highest BCUT2D eigenvalue weighted by molar-refractivity contribution is 5.76. The number of amides is 1. The fraction of sp³-hybridized carbons (Fsp3) is 0.562. The summed E-state index contributed by atoms with van der Waals surface area (Å²) < 4.78 is 11.1. The smallest absolute Gasteiger partial charge is 0.222 e. The third-order valence-corrected chi connectivity index (χ3v) is 3.43. The first-order valence-corrected chi connectivity index (χ1v) is 7.46. The number of benzene rings is 1. The van der Waals surface area contributed by atoms with E-state index < -0.39 is 6.10 Å². The van der Waals surface area contributed by atoms with Crippen molar-refractivity contribution in [3.63, 3.8) is 0 Å². The van der Waals surface area contributed by atoms with Crippen molar-refractivity contribution >= 4 is 5.91 Å². The Kier molecular flexibility index (Phi) is 6.66. The van der Waals surface area contributed by atoms with E-state index >= 15 is 0 Å². The highest BCUT2D eigenvalue weighted by atomic mass is 16.7. The maximum Gasteiger partial charge on any atom is 0.222 e. The van der Waals surface area contributed by atoms with Crippen molar-refractivity contribution in [3.8, 4) is 0 Å². The molecule has 0 saturated carbocycles. The Hall–Kier alpha value is -1.43. The lowest BCUT2D eigenvalue weighted by atomic mass is 10.2. The number of aliphatic hydroxyl groups excluding tert-OH is 1. The van der Waals surface area contributed by atoms with E-state index in [0.717, 1.165) is 24.8 Å². The summed E-state index contributed by atoms with van der Waals surface area (Å²) in [7, 11) is 0. The fourth-order valence-corrected chi connectivity index (χ4v) is 2.26. The van der Waals surface area contributed by atoms with Crippen LogP contribution in [0.3, 0.4) is 0 Å². The molecule has 1 aliphatic rings. The van der Waals surface area contributed by atoms with Crippen LogP contribution in [0.2, 0.25) is 0 Å². The van der Waals surface area contributed by atoms with E-state index in [1.165, 1.54) is 0 Å². The van der Waals surface area contributed by atoms with Crippen LogP contribution in [-0.4, -0.2) is 36.6 Å². The SMILES string of the molecule is O=C(C[C@@H](CO)OC1CCCCO1)NCc1ccccc1. The van der Waals surface area contributed by atoms with Gasteiger partial charge in [0.1, 0.15) is 0 Å². The molecule has 0 aliphatic carbocycles. The minimum absolute atomic E-state index is 0.131. The van der Waals surface area contributed by atoms with Gasteiger partial charge in [0, 0.05) is 13.2 Å². The summed E-state index contributed by atoms with van der Waals surface area (Å²) in [6.07, 6.45) is 2.26. The lowest BCUT2D eigenvalue weighted by Gasteiger charge is -2.26. The van der Waals surface area contributed by atoms with Crippen LogP contribution in [0.15, 0.2) is 30.3 Å². The lowest BCUT2D eigenvalue weighted by molar-refractivity contribution is -0.196. The molecular formula is C16H23NO4. The normalized spacial score (nSPS) is 20.0. The van der Waals surface area contributed by atoms with E-state index in [1.54, 1.807) is 0 Å². The van der Waals surface area contributed by atoms with Crippen LogP contribution in [0.4, 0.5) is 0 Å². The Morgan fingerprint density at radius 1 is 1.38 bits per heavy atom. The first kappa shape index (κ1) is 15.9. The number of carbonyl (C=O) groups excluding carboxylic acids is 1. The van der Waals surface area contributed by atoms with Gasteiger partial charge in [-0.25, -0.2) is 0 Å². The molecular weight excluding hydrogens is 270 g/mol. The van der Waals surface area contributed by atoms with E-state index in [4.69, 9.17) is 9.47 Å². The van der Waals surface area contributed by atoms with Gasteiger partial charge in [-0.1, -0.05) is 30.3 Å². The van der Waals surface area contributed by atoms with Crippen LogP contribution in [0.25, 0.3) is 0 Å². The fourth-order valence-electron chi connectivity index (χ4n) is 2.26. The molecule has 0 bridgehead atoms. The number of hydrogen-bond acceptors (Lipinski definition) is 4. The third-order valence-electron chi connectivity index (χ3n) is 3.43. The van der Waals surface area contributed by atoms with Gasteiger partial charge in [0.15, 0.2) is 6.29 Å². The van der Waals surface area contributed by atoms with E-state index in [-0.39, 0.29) is 25.2 Å². The van der Waals surface area contributed by atoms with Crippen molar-refractivity contribution in [2.75, 3.05) is 13.2 Å². The van der Waals surface area contributed by atoms with Gasteiger partial charge < -0.3 is 19.9 Å². The number of nitrogens with one attached hydrogen (secondary N) is 1. The summed E-state index contributed by atoms with van der Waals surface area (Å²) in [5.41, 5.74) is 1.04. The van der Waals surface area contributed by atoms with Crippen LogP contribution in [0.5, 0.6) is 0 Å². The predicted molar refractivity (Wildman–Crippen MR) is 78.5 cm³/mol. The molecule has 1 aromatic rings. The molecule has 0 aromatic heterocycles. The Bertz CT molecular complexity index is 418. The quantitative estimate of drug-likeness (QED) is 0.801. The average Bonchev–Trinajstić information content (AvgIpc) is 2.54. The molecule has 1 amide bonds. The minimum Gasteiger partial charge on any atom is -0.394 e. The topological polar surface area (TPSA) is 67.8 Å². The maximum atomic E-state index is 11.9. The van der Waals surface area contributed by atoms with Gasteiger partial charge in [-0.05, 0) is 24.8 Å². The molecule has 0 radical (unpaired) electrons. The van der Waals surface area contributed by atoms with Crippen molar-refractivity contribution in [2.45, 2.75) is 44.6 Å². The Morgan fingerprint density at radius 2 is 2.19 bits per heavy atom. The largest absolute Gasteiger partial charge is 0.394 e. The van der Waals surface area contributed by atoms with Crippen LogP contribution in [0.1, 0.15) is 31.2 Å². The first-order valence-electron chi connectivity index (χ1n) is 7.46. The Morgan fingerprint density at radius 3 is 2.86 bits per heavy atom. The Balaban J connectivity index is 1.71. The lowest BCUT2D eigenvalue weighted by Crippen LogP contribution is -2.34. The molecule has 5 nitrogen and oxygen atoms in total. The monoisotopic (exact) mass is 293 g/mol. The zero-order valence-electron chi connectivity index (χ0n) is 12.2. The number of aliphatic hydroxyl groups is 1. The van der Waals surface area contributed by atoms with Gasteiger partial charge in [0.2, 0.25) is 5.91 Å². The molecule has 5 heteroatoms. The first-order chi connectivity index (χ1) is 10.3. The molecule has 21 heavy (non-hydrogen) atoms. The van der Waals surface area contributed by atoms with Crippen molar-refractivity contribution < 1.29 is 19.4 Å². The number of rotatable bonds is 7. The molecule has 2 atom stereocenters. The summed E-state index contributed by atoms with van der Waals surface area (Å²) in [5, 5.41) is 12.2. The highest BCUT2D eigenvalue weighted by Gasteiger charge is 2.21. The third kappa shape index (κ3) is 5.83. The molecule has 1 fully saturated rings. The average molecular weight is 293 g/mol. The molecule has 1 unspecified atom stereocenters. The zero-order valence-corrected chi connectivity index (χ0v) is 12.2. The summed E-state index contributed by atoms with van der Waals surface area (Å²) in [5.74, 6) is -0.131. The molecule has 116 valence electrons. The molecule has 2 N–H and O–H groups in total. The Labute approximate surface area is 125 Å². The van der Waals surface area contributed by atoms with E-state index in [0.29, 0.717) is 13.2 Å². The van der Waals surface area contributed by atoms with Crippen LogP contribution >= 0.6 is 0 Å². The maximum absolute atomic E-state index is 11.9.